The lowest BCUT2D eigenvalue weighted by molar-refractivity contribution is 0.759. The summed E-state index contributed by atoms with van der Waals surface area (Å²) < 4.78 is 2.11. The SMILES string of the molecule is CCc1nnc2cccc(CNC)n12. The lowest BCUT2D eigenvalue weighted by Crippen LogP contribution is -2.10. The molecule has 0 atom stereocenters. The van der Waals surface area contributed by atoms with E-state index >= 15 is 0 Å². The van der Waals surface area contributed by atoms with E-state index < -0.39 is 0 Å². The van der Waals surface area contributed by atoms with Crippen LogP contribution in [0.1, 0.15) is 18.4 Å². The molecule has 2 rings (SSSR count). The van der Waals surface area contributed by atoms with E-state index in [0.717, 1.165) is 24.4 Å². The Labute approximate surface area is 83.0 Å². The van der Waals surface area contributed by atoms with Crippen LogP contribution in [0.4, 0.5) is 0 Å². The molecule has 4 nitrogen and oxygen atoms in total. The Balaban J connectivity index is 2.62. The molecule has 0 bridgehead atoms. The van der Waals surface area contributed by atoms with E-state index in [1.807, 2.05) is 19.2 Å². The molecule has 2 aromatic heterocycles. The van der Waals surface area contributed by atoms with Crippen molar-refractivity contribution in [3.05, 3.63) is 29.7 Å². The van der Waals surface area contributed by atoms with Crippen molar-refractivity contribution < 1.29 is 0 Å². The van der Waals surface area contributed by atoms with E-state index in [0.29, 0.717) is 0 Å². The van der Waals surface area contributed by atoms with Crippen molar-refractivity contribution in [1.29, 1.82) is 0 Å². The Kier molecular flexibility index (Phi) is 2.45. The number of nitrogens with one attached hydrogen (secondary N) is 1. The topological polar surface area (TPSA) is 42.2 Å². The Hall–Kier alpha value is -1.42. The Morgan fingerprint density at radius 1 is 1.36 bits per heavy atom. The molecule has 0 unspecified atom stereocenters. The van der Waals surface area contributed by atoms with E-state index in [1.165, 1.54) is 5.69 Å². The van der Waals surface area contributed by atoms with E-state index in [-0.39, 0.29) is 0 Å². The van der Waals surface area contributed by atoms with Gasteiger partial charge < -0.3 is 5.32 Å². The molecule has 0 aromatic carbocycles. The average molecular weight is 190 g/mol. The van der Waals surface area contributed by atoms with Gasteiger partial charge in [-0.15, -0.1) is 10.2 Å². The molecule has 0 spiro atoms. The monoisotopic (exact) mass is 190 g/mol. The molecule has 0 aliphatic carbocycles. The maximum absolute atomic E-state index is 4.14. The first-order valence-corrected chi connectivity index (χ1v) is 4.83. The first-order chi connectivity index (χ1) is 6.86. The van der Waals surface area contributed by atoms with Crippen molar-refractivity contribution >= 4 is 5.65 Å². The second kappa shape index (κ2) is 3.75. The second-order valence-electron chi connectivity index (χ2n) is 3.21. The van der Waals surface area contributed by atoms with Crippen molar-refractivity contribution in [2.24, 2.45) is 0 Å². The first-order valence-electron chi connectivity index (χ1n) is 4.83. The molecule has 0 aliphatic rings. The molecule has 1 N–H and O–H groups in total. The number of nitrogens with zero attached hydrogens (tertiary/aromatic N) is 3. The van der Waals surface area contributed by atoms with Gasteiger partial charge in [-0.25, -0.2) is 0 Å². The molecule has 0 saturated carbocycles. The molecule has 0 fully saturated rings. The fourth-order valence-corrected chi connectivity index (χ4v) is 1.62. The zero-order valence-corrected chi connectivity index (χ0v) is 8.49. The third-order valence-electron chi connectivity index (χ3n) is 2.25. The van der Waals surface area contributed by atoms with Gasteiger partial charge in [0.1, 0.15) is 5.82 Å². The van der Waals surface area contributed by atoms with Gasteiger partial charge in [-0.05, 0) is 19.2 Å². The molecule has 2 aromatic rings. The highest BCUT2D eigenvalue weighted by Crippen LogP contribution is 2.08. The first kappa shape index (κ1) is 9.15. The Bertz CT molecular complexity index is 433. The van der Waals surface area contributed by atoms with Gasteiger partial charge >= 0.3 is 0 Å². The molecule has 0 radical (unpaired) electrons. The summed E-state index contributed by atoms with van der Waals surface area (Å²) in [7, 11) is 1.94. The number of fused-ring (bicyclic) bond motifs is 1. The second-order valence-corrected chi connectivity index (χ2v) is 3.21. The van der Waals surface area contributed by atoms with E-state index in [4.69, 9.17) is 0 Å². The summed E-state index contributed by atoms with van der Waals surface area (Å²) >= 11 is 0. The minimum Gasteiger partial charge on any atom is -0.314 e. The molecule has 2 heterocycles. The molecule has 0 saturated heterocycles. The van der Waals surface area contributed by atoms with Crippen LogP contribution in [0, 0.1) is 0 Å². The van der Waals surface area contributed by atoms with E-state index in [2.05, 4.69) is 32.9 Å². The third kappa shape index (κ3) is 1.37. The van der Waals surface area contributed by atoms with Gasteiger partial charge in [0.05, 0.1) is 0 Å². The standard InChI is InChI=1S/C10H14N4/c1-3-9-12-13-10-6-4-5-8(7-11-2)14(9)10/h4-6,11H,3,7H2,1-2H3. The summed E-state index contributed by atoms with van der Waals surface area (Å²) in [5.41, 5.74) is 2.13. The zero-order valence-electron chi connectivity index (χ0n) is 8.49. The number of hydrogen-bond acceptors (Lipinski definition) is 3. The van der Waals surface area contributed by atoms with Gasteiger partial charge in [-0.3, -0.25) is 4.40 Å². The molecule has 74 valence electrons. The summed E-state index contributed by atoms with van der Waals surface area (Å²) in [6, 6.07) is 6.08. The third-order valence-corrected chi connectivity index (χ3v) is 2.25. The predicted molar refractivity (Wildman–Crippen MR) is 55.1 cm³/mol. The Morgan fingerprint density at radius 2 is 2.21 bits per heavy atom. The van der Waals surface area contributed by atoms with Crippen molar-refractivity contribution in [3.63, 3.8) is 0 Å². The highest BCUT2D eigenvalue weighted by atomic mass is 15.2. The summed E-state index contributed by atoms with van der Waals surface area (Å²) in [5.74, 6) is 1.02. The van der Waals surface area contributed by atoms with Crippen LogP contribution in [0.3, 0.4) is 0 Å². The van der Waals surface area contributed by atoms with Crippen LogP contribution in [0.2, 0.25) is 0 Å². The number of hydrogen-bond donors (Lipinski definition) is 1. The lowest BCUT2D eigenvalue weighted by Gasteiger charge is -2.05. The van der Waals surface area contributed by atoms with Gasteiger partial charge in [0.25, 0.3) is 0 Å². The highest BCUT2D eigenvalue weighted by molar-refractivity contribution is 5.39. The highest BCUT2D eigenvalue weighted by Gasteiger charge is 2.06. The van der Waals surface area contributed by atoms with E-state index in [1.54, 1.807) is 0 Å². The molecule has 0 amide bonds. The van der Waals surface area contributed by atoms with Crippen LogP contribution < -0.4 is 5.32 Å². The fourth-order valence-electron chi connectivity index (χ4n) is 1.62. The summed E-state index contributed by atoms with van der Waals surface area (Å²) in [6.45, 7) is 2.93. The van der Waals surface area contributed by atoms with Crippen molar-refractivity contribution in [2.75, 3.05) is 7.05 Å². The number of aromatic nitrogens is 3. The van der Waals surface area contributed by atoms with Crippen molar-refractivity contribution in [2.45, 2.75) is 19.9 Å². The minimum absolute atomic E-state index is 0.836. The zero-order chi connectivity index (χ0) is 9.97. The molecular weight excluding hydrogens is 176 g/mol. The van der Waals surface area contributed by atoms with Crippen molar-refractivity contribution in [3.8, 4) is 0 Å². The summed E-state index contributed by atoms with van der Waals surface area (Å²) in [4.78, 5) is 0. The number of aryl methyl sites for hydroxylation is 1. The maximum atomic E-state index is 4.14. The van der Waals surface area contributed by atoms with Gasteiger partial charge in [0.15, 0.2) is 5.65 Å². The quantitative estimate of drug-likeness (QED) is 0.785. The molecule has 0 aliphatic heterocycles. The van der Waals surface area contributed by atoms with Crippen LogP contribution >= 0.6 is 0 Å². The molecule has 4 heteroatoms. The summed E-state index contributed by atoms with van der Waals surface area (Å²) in [6.07, 6.45) is 0.905. The van der Waals surface area contributed by atoms with Crippen LogP contribution in [-0.4, -0.2) is 21.6 Å². The van der Waals surface area contributed by atoms with Crippen LogP contribution in [0.15, 0.2) is 18.2 Å². The number of rotatable bonds is 3. The number of pyridine rings is 1. The average Bonchev–Trinajstić information content (AvgIpc) is 2.62. The summed E-state index contributed by atoms with van der Waals surface area (Å²) in [5, 5.41) is 11.4. The predicted octanol–water partition coefficient (Wildman–Crippen LogP) is 1.01. The van der Waals surface area contributed by atoms with Gasteiger partial charge in [-0.2, -0.15) is 0 Å². The largest absolute Gasteiger partial charge is 0.314 e. The molecular formula is C10H14N4. The van der Waals surface area contributed by atoms with Crippen LogP contribution in [0.25, 0.3) is 5.65 Å². The van der Waals surface area contributed by atoms with Gasteiger partial charge in [-0.1, -0.05) is 13.0 Å². The smallest absolute Gasteiger partial charge is 0.161 e. The normalized spacial score (nSPS) is 11.0. The Morgan fingerprint density at radius 3 is 2.93 bits per heavy atom. The van der Waals surface area contributed by atoms with E-state index in [9.17, 15) is 0 Å². The van der Waals surface area contributed by atoms with Crippen molar-refractivity contribution in [1.82, 2.24) is 19.9 Å². The molecule has 14 heavy (non-hydrogen) atoms. The van der Waals surface area contributed by atoms with Crippen LogP contribution in [0.5, 0.6) is 0 Å². The van der Waals surface area contributed by atoms with Crippen LogP contribution in [-0.2, 0) is 13.0 Å². The van der Waals surface area contributed by atoms with Gasteiger partial charge in [0, 0.05) is 18.7 Å². The fraction of sp³-hybridized carbons (Fsp3) is 0.400. The minimum atomic E-state index is 0.836. The lowest BCUT2D eigenvalue weighted by atomic mass is 10.3. The van der Waals surface area contributed by atoms with Gasteiger partial charge in [0.2, 0.25) is 0 Å². The maximum Gasteiger partial charge on any atom is 0.161 e.